The molecule has 0 radical (unpaired) electrons. The van der Waals surface area contributed by atoms with Gasteiger partial charge in [-0.25, -0.2) is 4.79 Å². The molecule has 0 aliphatic carbocycles. The van der Waals surface area contributed by atoms with Gasteiger partial charge in [-0.1, -0.05) is 18.2 Å². The Labute approximate surface area is 166 Å². The van der Waals surface area contributed by atoms with E-state index in [1.54, 1.807) is 36.4 Å². The summed E-state index contributed by atoms with van der Waals surface area (Å²) in [6.07, 6.45) is 1.19. The number of hydrogen-bond acceptors (Lipinski definition) is 8. The number of rotatable bonds is 7. The van der Waals surface area contributed by atoms with Gasteiger partial charge in [0.1, 0.15) is 24.7 Å². The fourth-order valence-electron chi connectivity index (χ4n) is 2.04. The van der Waals surface area contributed by atoms with Gasteiger partial charge < -0.3 is 18.3 Å². The first-order valence-electron chi connectivity index (χ1n) is 8.45. The van der Waals surface area contributed by atoms with Crippen molar-refractivity contribution in [2.75, 3.05) is 0 Å². The van der Waals surface area contributed by atoms with Gasteiger partial charge in [0.2, 0.25) is 0 Å². The van der Waals surface area contributed by atoms with Gasteiger partial charge in [-0.2, -0.15) is 0 Å². The summed E-state index contributed by atoms with van der Waals surface area (Å²) in [6.45, 7) is 1.40. The largest absolute Gasteiger partial charge is 0.458 e. The van der Waals surface area contributed by atoms with Crippen LogP contribution >= 0.6 is 0 Å². The molecule has 0 unspecified atom stereocenters. The highest BCUT2D eigenvalue weighted by Gasteiger charge is 2.08. The molecular formula is C21H18O8. The Balaban J connectivity index is 0.000000221. The van der Waals surface area contributed by atoms with E-state index in [0.29, 0.717) is 29.7 Å². The molecule has 3 aromatic rings. The summed E-state index contributed by atoms with van der Waals surface area (Å²) >= 11 is 0. The van der Waals surface area contributed by atoms with Crippen LogP contribution in [0.25, 0.3) is 0 Å². The minimum atomic E-state index is -0.422. The maximum Gasteiger partial charge on any atom is 0.338 e. The predicted octanol–water partition coefficient (Wildman–Crippen LogP) is 3.60. The van der Waals surface area contributed by atoms with Crippen LogP contribution in [0.4, 0.5) is 0 Å². The zero-order valence-electron chi connectivity index (χ0n) is 15.5. The summed E-state index contributed by atoms with van der Waals surface area (Å²) in [5.74, 6) is 0.560. The van der Waals surface area contributed by atoms with Gasteiger partial charge in [0.05, 0.1) is 5.56 Å². The van der Waals surface area contributed by atoms with Crippen molar-refractivity contribution in [1.29, 1.82) is 0 Å². The Morgan fingerprint density at radius 2 is 1.31 bits per heavy atom. The minimum absolute atomic E-state index is 0.0154. The second-order valence-corrected chi connectivity index (χ2v) is 5.57. The Kier molecular flexibility index (Phi) is 8.12. The highest BCUT2D eigenvalue weighted by molar-refractivity contribution is 5.89. The average molecular weight is 398 g/mol. The molecule has 0 N–H and O–H groups in total. The van der Waals surface area contributed by atoms with E-state index in [9.17, 15) is 19.2 Å². The molecule has 2 heterocycles. The maximum absolute atomic E-state index is 11.6. The van der Waals surface area contributed by atoms with Gasteiger partial charge in [-0.3, -0.25) is 14.4 Å². The van der Waals surface area contributed by atoms with E-state index in [0.717, 1.165) is 0 Å². The van der Waals surface area contributed by atoms with Crippen LogP contribution in [-0.2, 0) is 27.5 Å². The predicted molar refractivity (Wildman–Crippen MR) is 99.2 cm³/mol. The first kappa shape index (κ1) is 21.4. The van der Waals surface area contributed by atoms with Crippen molar-refractivity contribution in [2.24, 2.45) is 0 Å². The summed E-state index contributed by atoms with van der Waals surface area (Å²) in [5.41, 5.74) is 0.481. The SMILES string of the molecule is CC(=O)OCc1ccc(C=O)o1.O=Cc1ccc(COC(=O)c2ccccc2)o1. The molecule has 0 aliphatic heterocycles. The molecule has 0 spiro atoms. The topological polar surface area (TPSA) is 113 Å². The van der Waals surface area contributed by atoms with Crippen LogP contribution in [0.5, 0.6) is 0 Å². The summed E-state index contributed by atoms with van der Waals surface area (Å²) in [7, 11) is 0. The monoisotopic (exact) mass is 398 g/mol. The molecular weight excluding hydrogens is 380 g/mol. The summed E-state index contributed by atoms with van der Waals surface area (Å²) in [4.78, 5) is 42.5. The molecule has 1 aromatic carbocycles. The lowest BCUT2D eigenvalue weighted by atomic mass is 10.2. The van der Waals surface area contributed by atoms with Crippen molar-refractivity contribution in [1.82, 2.24) is 0 Å². The van der Waals surface area contributed by atoms with Crippen molar-refractivity contribution < 1.29 is 37.5 Å². The lowest BCUT2D eigenvalue weighted by molar-refractivity contribution is -0.142. The molecule has 8 heteroatoms. The molecule has 0 aliphatic rings. The van der Waals surface area contributed by atoms with Gasteiger partial charge in [0, 0.05) is 6.92 Å². The number of benzene rings is 1. The molecule has 0 amide bonds. The molecule has 0 fully saturated rings. The quantitative estimate of drug-likeness (QED) is 0.438. The molecule has 0 bridgehead atoms. The van der Waals surface area contributed by atoms with Gasteiger partial charge in [0.25, 0.3) is 0 Å². The van der Waals surface area contributed by atoms with Gasteiger partial charge >= 0.3 is 11.9 Å². The van der Waals surface area contributed by atoms with E-state index in [1.165, 1.54) is 19.1 Å². The van der Waals surface area contributed by atoms with Gasteiger partial charge in [-0.05, 0) is 36.4 Å². The van der Waals surface area contributed by atoms with Crippen molar-refractivity contribution in [3.05, 3.63) is 83.2 Å². The standard InChI is InChI=1S/C13H10O4.C8H8O4/c14-8-11-6-7-12(17-11)9-16-13(15)10-4-2-1-3-5-10;1-6(10)11-5-8-3-2-7(4-9)12-8/h1-8H,9H2;2-4H,5H2,1H3. The lowest BCUT2D eigenvalue weighted by Gasteiger charge is -2.02. The lowest BCUT2D eigenvalue weighted by Crippen LogP contribution is -2.04. The van der Waals surface area contributed by atoms with Crippen molar-refractivity contribution >= 4 is 24.5 Å². The first-order chi connectivity index (χ1) is 14.0. The number of carbonyl (C=O) groups excluding carboxylic acids is 4. The summed E-state index contributed by atoms with van der Waals surface area (Å²) < 4.78 is 19.7. The molecule has 2 aromatic heterocycles. The molecule has 0 saturated carbocycles. The Morgan fingerprint density at radius 3 is 1.76 bits per heavy atom. The van der Waals surface area contributed by atoms with Crippen LogP contribution in [0.15, 0.2) is 63.4 Å². The summed E-state index contributed by atoms with van der Waals surface area (Å²) in [5, 5.41) is 0. The van der Waals surface area contributed by atoms with Gasteiger partial charge in [-0.15, -0.1) is 0 Å². The third kappa shape index (κ3) is 7.30. The van der Waals surface area contributed by atoms with E-state index >= 15 is 0 Å². The van der Waals surface area contributed by atoms with E-state index in [-0.39, 0.29) is 30.7 Å². The third-order valence-electron chi connectivity index (χ3n) is 3.37. The number of ether oxygens (including phenoxy) is 2. The zero-order valence-corrected chi connectivity index (χ0v) is 15.5. The molecule has 8 nitrogen and oxygen atoms in total. The van der Waals surface area contributed by atoms with Crippen LogP contribution in [0.3, 0.4) is 0 Å². The second kappa shape index (κ2) is 11.0. The highest BCUT2D eigenvalue weighted by atomic mass is 16.5. The average Bonchev–Trinajstić information content (AvgIpc) is 3.40. The van der Waals surface area contributed by atoms with Gasteiger partial charge in [0.15, 0.2) is 24.1 Å². The van der Waals surface area contributed by atoms with Crippen LogP contribution in [0, 0.1) is 0 Å². The number of aldehydes is 2. The molecule has 0 atom stereocenters. The number of furan rings is 2. The van der Waals surface area contributed by atoms with E-state index in [2.05, 4.69) is 4.74 Å². The number of esters is 2. The first-order valence-corrected chi connectivity index (χ1v) is 8.45. The van der Waals surface area contributed by atoms with Crippen molar-refractivity contribution in [2.45, 2.75) is 20.1 Å². The fraction of sp³-hybridized carbons (Fsp3) is 0.143. The smallest absolute Gasteiger partial charge is 0.338 e. The normalized spacial score (nSPS) is 9.69. The maximum atomic E-state index is 11.6. The number of hydrogen-bond donors (Lipinski definition) is 0. The van der Waals surface area contributed by atoms with E-state index in [1.807, 2.05) is 6.07 Å². The highest BCUT2D eigenvalue weighted by Crippen LogP contribution is 2.09. The molecule has 29 heavy (non-hydrogen) atoms. The van der Waals surface area contributed by atoms with Crippen LogP contribution < -0.4 is 0 Å². The van der Waals surface area contributed by atoms with Crippen LogP contribution in [0.1, 0.15) is 49.9 Å². The van der Waals surface area contributed by atoms with Crippen molar-refractivity contribution in [3.8, 4) is 0 Å². The van der Waals surface area contributed by atoms with E-state index in [4.69, 9.17) is 13.6 Å². The molecule has 0 saturated heterocycles. The van der Waals surface area contributed by atoms with Crippen LogP contribution in [0.2, 0.25) is 0 Å². The summed E-state index contributed by atoms with van der Waals surface area (Å²) in [6, 6.07) is 14.9. The Hall–Kier alpha value is -3.94. The minimum Gasteiger partial charge on any atom is -0.458 e. The van der Waals surface area contributed by atoms with Crippen molar-refractivity contribution in [3.63, 3.8) is 0 Å². The Bertz CT molecular complexity index is 952. The van der Waals surface area contributed by atoms with E-state index < -0.39 is 5.97 Å². The van der Waals surface area contributed by atoms with Crippen LogP contribution in [-0.4, -0.2) is 24.5 Å². The third-order valence-corrected chi connectivity index (χ3v) is 3.37. The molecule has 3 rings (SSSR count). The molecule has 150 valence electrons. The fourth-order valence-corrected chi connectivity index (χ4v) is 2.04. The number of carbonyl (C=O) groups is 4. The second-order valence-electron chi connectivity index (χ2n) is 5.57. The zero-order chi connectivity index (χ0) is 21.1. The Morgan fingerprint density at radius 1 is 0.793 bits per heavy atom.